The minimum Gasteiger partial charge on any atom is -0.310 e. The molecule has 0 fully saturated rings. The van der Waals surface area contributed by atoms with Gasteiger partial charge in [0.1, 0.15) is 0 Å². The minimum absolute atomic E-state index is 1.10. The fraction of sp³-hybridized carbons (Fsp3) is 0.0222. The molecule has 8 aromatic carbocycles. The van der Waals surface area contributed by atoms with Crippen LogP contribution in [-0.2, 0) is 0 Å². The molecule has 9 rings (SSSR count). The van der Waals surface area contributed by atoms with Crippen molar-refractivity contribution in [2.45, 2.75) is 6.92 Å². The van der Waals surface area contributed by atoms with Crippen molar-refractivity contribution in [3.63, 3.8) is 0 Å². The summed E-state index contributed by atoms with van der Waals surface area (Å²) in [4.78, 5) is 4.82. The zero-order valence-corrected chi connectivity index (χ0v) is 27.4. The van der Waals surface area contributed by atoms with Gasteiger partial charge in [-0.05, 0) is 95.4 Å². The fourth-order valence-corrected chi connectivity index (χ4v) is 8.15. The standard InChI is InChI=1S/C45H32N2S/c1-31-24-25-36(46(33-15-4-2-5-16-33)35-26-27-45-41(29-35)40-22-12-13-23-44(40)48-45)30-42(31)47(34-17-6-3-7-18-34)43-28-32-14-8-9-19-37(32)38-20-10-11-21-39(38)43/h2-30H,1H3. The number of hydrogen-bond donors (Lipinski definition) is 0. The number of thiophene rings is 1. The van der Waals surface area contributed by atoms with Crippen LogP contribution in [-0.4, -0.2) is 0 Å². The highest BCUT2D eigenvalue weighted by Gasteiger charge is 2.21. The molecule has 0 spiro atoms. The first-order valence-electron chi connectivity index (χ1n) is 16.4. The van der Waals surface area contributed by atoms with E-state index in [0.29, 0.717) is 0 Å². The summed E-state index contributed by atoms with van der Waals surface area (Å²) in [5.74, 6) is 0. The Morgan fingerprint density at radius 2 is 0.917 bits per heavy atom. The largest absolute Gasteiger partial charge is 0.310 e. The van der Waals surface area contributed by atoms with Crippen LogP contribution in [0.25, 0.3) is 41.7 Å². The molecule has 0 atom stereocenters. The average molecular weight is 633 g/mol. The van der Waals surface area contributed by atoms with E-state index < -0.39 is 0 Å². The molecule has 0 N–H and O–H groups in total. The van der Waals surface area contributed by atoms with Gasteiger partial charge in [0.15, 0.2) is 0 Å². The van der Waals surface area contributed by atoms with E-state index in [9.17, 15) is 0 Å². The lowest BCUT2D eigenvalue weighted by Crippen LogP contribution is -2.14. The number of benzene rings is 8. The Morgan fingerprint density at radius 1 is 0.354 bits per heavy atom. The van der Waals surface area contributed by atoms with Crippen LogP contribution in [0.2, 0.25) is 0 Å². The number of rotatable bonds is 6. The van der Waals surface area contributed by atoms with Crippen LogP contribution in [0.15, 0.2) is 176 Å². The fourth-order valence-electron chi connectivity index (χ4n) is 7.06. The number of hydrogen-bond acceptors (Lipinski definition) is 3. The van der Waals surface area contributed by atoms with Gasteiger partial charge in [-0.25, -0.2) is 0 Å². The van der Waals surface area contributed by atoms with Gasteiger partial charge in [0, 0.05) is 48.3 Å². The number of fused-ring (bicyclic) bond motifs is 6. The van der Waals surface area contributed by atoms with Crippen molar-refractivity contribution >= 4 is 87.2 Å². The summed E-state index contributed by atoms with van der Waals surface area (Å²) >= 11 is 1.85. The first kappa shape index (κ1) is 28.3. The van der Waals surface area contributed by atoms with Gasteiger partial charge >= 0.3 is 0 Å². The molecule has 0 aliphatic heterocycles. The zero-order valence-electron chi connectivity index (χ0n) is 26.5. The van der Waals surface area contributed by atoms with Crippen LogP contribution in [0.1, 0.15) is 5.56 Å². The van der Waals surface area contributed by atoms with E-state index in [4.69, 9.17) is 0 Å². The van der Waals surface area contributed by atoms with Gasteiger partial charge in [-0.15, -0.1) is 11.3 Å². The maximum Gasteiger partial charge on any atom is 0.0546 e. The highest BCUT2D eigenvalue weighted by atomic mass is 32.1. The van der Waals surface area contributed by atoms with Gasteiger partial charge in [-0.1, -0.05) is 109 Å². The van der Waals surface area contributed by atoms with Gasteiger partial charge < -0.3 is 9.80 Å². The first-order valence-corrected chi connectivity index (χ1v) is 17.2. The molecule has 1 aromatic heterocycles. The molecule has 3 heteroatoms. The van der Waals surface area contributed by atoms with Gasteiger partial charge in [-0.2, -0.15) is 0 Å². The summed E-state index contributed by atoms with van der Waals surface area (Å²) in [6.45, 7) is 2.22. The van der Waals surface area contributed by atoms with E-state index in [-0.39, 0.29) is 0 Å². The predicted octanol–water partition coefficient (Wildman–Crippen LogP) is 13.6. The summed E-state index contributed by atoms with van der Waals surface area (Å²) in [6.07, 6.45) is 0. The topological polar surface area (TPSA) is 6.48 Å². The normalized spacial score (nSPS) is 11.4. The lowest BCUT2D eigenvalue weighted by Gasteiger charge is -2.31. The lowest BCUT2D eigenvalue weighted by atomic mass is 9.98. The Kier molecular flexibility index (Phi) is 6.92. The van der Waals surface area contributed by atoms with E-state index in [1.54, 1.807) is 0 Å². The Labute approximate surface area is 284 Å². The highest BCUT2D eigenvalue weighted by Crippen LogP contribution is 2.46. The lowest BCUT2D eigenvalue weighted by molar-refractivity contribution is 1.23. The van der Waals surface area contributed by atoms with Crippen LogP contribution in [0.5, 0.6) is 0 Å². The van der Waals surface area contributed by atoms with Crippen molar-refractivity contribution in [3.05, 3.63) is 181 Å². The summed E-state index contributed by atoms with van der Waals surface area (Å²) in [5, 5.41) is 7.55. The van der Waals surface area contributed by atoms with Crippen molar-refractivity contribution in [2.75, 3.05) is 9.80 Å². The number of anilines is 6. The number of nitrogens with zero attached hydrogens (tertiary/aromatic N) is 2. The van der Waals surface area contributed by atoms with E-state index in [1.165, 1.54) is 47.3 Å². The number of para-hydroxylation sites is 2. The van der Waals surface area contributed by atoms with E-state index in [0.717, 1.165) is 34.1 Å². The monoisotopic (exact) mass is 632 g/mol. The van der Waals surface area contributed by atoms with Crippen molar-refractivity contribution in [3.8, 4) is 0 Å². The molecule has 0 saturated heterocycles. The molecule has 0 aliphatic carbocycles. The second kappa shape index (κ2) is 11.7. The molecule has 48 heavy (non-hydrogen) atoms. The Bertz CT molecular complexity index is 2590. The molecule has 9 aromatic rings. The van der Waals surface area contributed by atoms with Crippen molar-refractivity contribution < 1.29 is 0 Å². The van der Waals surface area contributed by atoms with Gasteiger partial charge in [0.25, 0.3) is 0 Å². The third kappa shape index (κ3) is 4.79. The maximum absolute atomic E-state index is 2.44. The minimum atomic E-state index is 1.10. The summed E-state index contributed by atoms with van der Waals surface area (Å²) in [7, 11) is 0. The molecular formula is C45H32N2S. The molecule has 0 aliphatic rings. The highest BCUT2D eigenvalue weighted by molar-refractivity contribution is 7.25. The van der Waals surface area contributed by atoms with Gasteiger partial charge in [0.2, 0.25) is 0 Å². The SMILES string of the molecule is Cc1ccc(N(c2ccccc2)c2ccc3sc4ccccc4c3c2)cc1N(c1ccccc1)c1cc2ccccc2c2ccccc12. The second-order valence-corrected chi connectivity index (χ2v) is 13.3. The van der Waals surface area contributed by atoms with E-state index >= 15 is 0 Å². The summed E-state index contributed by atoms with van der Waals surface area (Å²) in [5.41, 5.74) is 7.98. The summed E-state index contributed by atoms with van der Waals surface area (Å²) in [6, 6.07) is 63.8. The molecule has 2 nitrogen and oxygen atoms in total. The van der Waals surface area contributed by atoms with Crippen LogP contribution in [0.3, 0.4) is 0 Å². The number of aryl methyl sites for hydroxylation is 1. The van der Waals surface area contributed by atoms with E-state index in [1.807, 2.05) is 11.3 Å². The zero-order chi connectivity index (χ0) is 32.0. The molecule has 0 amide bonds. The van der Waals surface area contributed by atoms with Crippen molar-refractivity contribution in [1.82, 2.24) is 0 Å². The Hall–Kier alpha value is -5.90. The van der Waals surface area contributed by atoms with Crippen LogP contribution >= 0.6 is 11.3 Å². The van der Waals surface area contributed by atoms with Crippen LogP contribution in [0.4, 0.5) is 34.1 Å². The maximum atomic E-state index is 2.44. The Balaban J connectivity index is 1.29. The van der Waals surface area contributed by atoms with Crippen LogP contribution in [0, 0.1) is 6.92 Å². The molecule has 228 valence electrons. The van der Waals surface area contributed by atoms with Gasteiger partial charge in [0.05, 0.1) is 11.4 Å². The Morgan fingerprint density at radius 3 is 1.69 bits per heavy atom. The molecule has 0 saturated carbocycles. The van der Waals surface area contributed by atoms with E-state index in [2.05, 4.69) is 193 Å². The third-order valence-electron chi connectivity index (χ3n) is 9.33. The molecular weight excluding hydrogens is 601 g/mol. The van der Waals surface area contributed by atoms with Crippen molar-refractivity contribution in [2.24, 2.45) is 0 Å². The molecule has 0 unspecified atom stereocenters. The first-order chi connectivity index (χ1) is 23.7. The quantitative estimate of drug-likeness (QED) is 0.168. The molecule has 0 radical (unpaired) electrons. The third-order valence-corrected chi connectivity index (χ3v) is 10.5. The second-order valence-electron chi connectivity index (χ2n) is 12.3. The molecule has 1 heterocycles. The average Bonchev–Trinajstić information content (AvgIpc) is 3.52. The smallest absolute Gasteiger partial charge is 0.0546 e. The van der Waals surface area contributed by atoms with Gasteiger partial charge in [-0.3, -0.25) is 0 Å². The summed E-state index contributed by atoms with van der Waals surface area (Å²) < 4.78 is 2.62. The van der Waals surface area contributed by atoms with Crippen molar-refractivity contribution in [1.29, 1.82) is 0 Å². The molecule has 0 bridgehead atoms. The van der Waals surface area contributed by atoms with Crippen LogP contribution < -0.4 is 9.80 Å². The predicted molar refractivity (Wildman–Crippen MR) is 208 cm³/mol.